The van der Waals surface area contributed by atoms with Crippen LogP contribution in [0.5, 0.6) is 5.88 Å². The van der Waals surface area contributed by atoms with Gasteiger partial charge < -0.3 is 15.0 Å². The molecule has 0 atom stereocenters. The van der Waals surface area contributed by atoms with Crippen molar-refractivity contribution in [2.75, 3.05) is 5.73 Å². The molecule has 0 fully saturated rings. The van der Waals surface area contributed by atoms with E-state index < -0.39 is 11.6 Å². The Bertz CT molecular complexity index is 1150. The van der Waals surface area contributed by atoms with Gasteiger partial charge in [-0.25, -0.2) is 18.7 Å². The third kappa shape index (κ3) is 4.21. The number of hydrogen-bond acceptors (Lipinski definition) is 6. The Balaban J connectivity index is 1.45. The molecular weight excluding hydrogens is 378 g/mol. The maximum absolute atomic E-state index is 14.3. The van der Waals surface area contributed by atoms with E-state index in [9.17, 15) is 8.78 Å². The van der Waals surface area contributed by atoms with Gasteiger partial charge in [-0.05, 0) is 29.8 Å². The normalized spacial score (nSPS) is 10.8. The molecule has 0 spiro atoms. The minimum absolute atomic E-state index is 0.116. The van der Waals surface area contributed by atoms with E-state index in [0.29, 0.717) is 40.4 Å². The maximum atomic E-state index is 14.3. The van der Waals surface area contributed by atoms with E-state index in [-0.39, 0.29) is 12.5 Å². The molecular formula is C21H16F2N4O2. The van der Waals surface area contributed by atoms with Crippen LogP contribution in [0.25, 0.3) is 11.3 Å². The third-order valence-corrected chi connectivity index (χ3v) is 4.23. The smallest absolute Gasteiger partial charge is 0.250 e. The van der Waals surface area contributed by atoms with Crippen LogP contribution in [0.1, 0.15) is 16.8 Å². The lowest BCUT2D eigenvalue weighted by Gasteiger charge is -2.08. The predicted molar refractivity (Wildman–Crippen MR) is 102 cm³/mol. The van der Waals surface area contributed by atoms with Gasteiger partial charge >= 0.3 is 0 Å². The van der Waals surface area contributed by atoms with Crippen molar-refractivity contribution in [1.29, 1.82) is 0 Å². The number of benzene rings is 1. The number of anilines is 1. The summed E-state index contributed by atoms with van der Waals surface area (Å²) in [5.41, 5.74) is 7.96. The SMILES string of the molecule is Nc1ncccc1-c1cc(Cc2cnc(OCc3ccccc3F)c(F)c2)no1. The summed E-state index contributed by atoms with van der Waals surface area (Å²) in [7, 11) is 0. The van der Waals surface area contributed by atoms with Gasteiger partial charge in [-0.3, -0.25) is 0 Å². The van der Waals surface area contributed by atoms with Crippen molar-refractivity contribution in [2.24, 2.45) is 0 Å². The number of halogens is 2. The lowest BCUT2D eigenvalue weighted by Crippen LogP contribution is -2.02. The van der Waals surface area contributed by atoms with Crippen molar-refractivity contribution in [1.82, 2.24) is 15.1 Å². The number of hydrogen-bond donors (Lipinski definition) is 1. The standard InChI is InChI=1S/C21H16F2N4O2/c22-17-6-2-1-4-14(17)12-28-21-18(23)9-13(11-26-21)8-15-10-19(29-27-15)16-5-3-7-25-20(16)24/h1-7,9-11H,8,12H2,(H2,24,25). The Kier molecular flexibility index (Phi) is 5.15. The number of ether oxygens (including phenoxy) is 1. The molecule has 8 heteroatoms. The minimum atomic E-state index is -0.640. The highest BCUT2D eigenvalue weighted by Crippen LogP contribution is 2.25. The van der Waals surface area contributed by atoms with Gasteiger partial charge in [0, 0.05) is 30.4 Å². The van der Waals surface area contributed by atoms with Crippen LogP contribution >= 0.6 is 0 Å². The fraction of sp³-hybridized carbons (Fsp3) is 0.0952. The van der Waals surface area contributed by atoms with Crippen LogP contribution in [0.2, 0.25) is 0 Å². The number of nitrogens with two attached hydrogens (primary N) is 1. The Morgan fingerprint density at radius 1 is 1.00 bits per heavy atom. The molecule has 0 aliphatic carbocycles. The van der Waals surface area contributed by atoms with Gasteiger partial charge in [-0.2, -0.15) is 0 Å². The first kappa shape index (κ1) is 18.5. The van der Waals surface area contributed by atoms with Crippen molar-refractivity contribution < 1.29 is 18.0 Å². The summed E-state index contributed by atoms with van der Waals surface area (Å²) in [6, 6.07) is 12.7. The zero-order valence-electron chi connectivity index (χ0n) is 15.2. The van der Waals surface area contributed by atoms with Crippen molar-refractivity contribution in [3.05, 3.63) is 89.4 Å². The summed E-state index contributed by atoms with van der Waals surface area (Å²) in [5, 5.41) is 3.99. The summed E-state index contributed by atoms with van der Waals surface area (Å²) in [6.07, 6.45) is 3.37. The van der Waals surface area contributed by atoms with Gasteiger partial charge in [0.1, 0.15) is 18.2 Å². The predicted octanol–water partition coefficient (Wildman–Crippen LogP) is 4.16. The molecule has 0 radical (unpaired) electrons. The molecule has 0 saturated heterocycles. The van der Waals surface area contributed by atoms with Crippen molar-refractivity contribution in [3.63, 3.8) is 0 Å². The summed E-state index contributed by atoms with van der Waals surface area (Å²) < 4.78 is 38.6. The van der Waals surface area contributed by atoms with Gasteiger partial charge in [0.05, 0.1) is 11.3 Å². The van der Waals surface area contributed by atoms with Crippen LogP contribution in [0.15, 0.2) is 65.4 Å². The Labute approximate surface area is 165 Å². The lowest BCUT2D eigenvalue weighted by molar-refractivity contribution is 0.272. The van der Waals surface area contributed by atoms with E-state index in [4.69, 9.17) is 15.0 Å². The Morgan fingerprint density at radius 3 is 2.66 bits per heavy atom. The van der Waals surface area contributed by atoms with Crippen LogP contribution in [-0.4, -0.2) is 15.1 Å². The number of nitrogen functional groups attached to an aromatic ring is 1. The second-order valence-electron chi connectivity index (χ2n) is 6.31. The zero-order chi connectivity index (χ0) is 20.2. The molecule has 3 heterocycles. The van der Waals surface area contributed by atoms with Crippen LogP contribution in [0.4, 0.5) is 14.6 Å². The van der Waals surface area contributed by atoms with E-state index in [1.165, 1.54) is 18.3 Å². The van der Waals surface area contributed by atoms with Gasteiger partial charge in [0.25, 0.3) is 5.88 Å². The van der Waals surface area contributed by atoms with Crippen LogP contribution in [0, 0.1) is 11.6 Å². The Hall–Kier alpha value is -3.81. The molecule has 3 aromatic heterocycles. The number of pyridine rings is 2. The molecule has 2 N–H and O–H groups in total. The van der Waals surface area contributed by atoms with E-state index in [1.54, 1.807) is 42.6 Å². The molecule has 29 heavy (non-hydrogen) atoms. The van der Waals surface area contributed by atoms with Gasteiger partial charge in [-0.15, -0.1) is 0 Å². The fourth-order valence-electron chi connectivity index (χ4n) is 2.79. The first-order chi connectivity index (χ1) is 14.1. The molecule has 0 amide bonds. The molecule has 0 aliphatic rings. The Morgan fingerprint density at radius 2 is 1.86 bits per heavy atom. The number of aromatic nitrogens is 3. The van der Waals surface area contributed by atoms with Crippen LogP contribution in [-0.2, 0) is 13.0 Å². The highest BCUT2D eigenvalue weighted by Gasteiger charge is 2.13. The van der Waals surface area contributed by atoms with Crippen LogP contribution in [0.3, 0.4) is 0 Å². The van der Waals surface area contributed by atoms with Gasteiger partial charge in [-0.1, -0.05) is 23.4 Å². The fourth-order valence-corrected chi connectivity index (χ4v) is 2.79. The minimum Gasteiger partial charge on any atom is -0.471 e. The number of rotatable bonds is 6. The van der Waals surface area contributed by atoms with Crippen molar-refractivity contribution in [2.45, 2.75) is 13.0 Å². The first-order valence-corrected chi connectivity index (χ1v) is 8.77. The average Bonchev–Trinajstić information content (AvgIpc) is 3.17. The van der Waals surface area contributed by atoms with Gasteiger partial charge in [0.2, 0.25) is 0 Å². The van der Waals surface area contributed by atoms with Crippen molar-refractivity contribution in [3.8, 4) is 17.2 Å². The molecule has 4 rings (SSSR count). The summed E-state index contributed by atoms with van der Waals surface area (Å²) in [6.45, 7) is -0.116. The molecule has 0 aliphatic heterocycles. The molecule has 1 aromatic carbocycles. The quantitative estimate of drug-likeness (QED) is 0.528. The molecule has 0 saturated carbocycles. The molecule has 0 unspecified atom stereocenters. The van der Waals surface area contributed by atoms with E-state index >= 15 is 0 Å². The van der Waals surface area contributed by atoms with E-state index in [0.717, 1.165) is 0 Å². The second kappa shape index (κ2) is 8.05. The summed E-state index contributed by atoms with van der Waals surface area (Å²) in [4.78, 5) is 8.00. The number of nitrogens with zero attached hydrogens (tertiary/aromatic N) is 3. The largest absolute Gasteiger partial charge is 0.471 e. The zero-order valence-corrected chi connectivity index (χ0v) is 15.2. The first-order valence-electron chi connectivity index (χ1n) is 8.77. The summed E-state index contributed by atoms with van der Waals surface area (Å²) in [5.74, 6) is -0.441. The summed E-state index contributed by atoms with van der Waals surface area (Å²) >= 11 is 0. The van der Waals surface area contributed by atoms with E-state index in [1.807, 2.05) is 0 Å². The highest BCUT2D eigenvalue weighted by molar-refractivity contribution is 5.69. The molecule has 0 bridgehead atoms. The van der Waals surface area contributed by atoms with Gasteiger partial charge in [0.15, 0.2) is 11.6 Å². The van der Waals surface area contributed by atoms with E-state index in [2.05, 4.69) is 15.1 Å². The second-order valence-corrected chi connectivity index (χ2v) is 6.31. The van der Waals surface area contributed by atoms with Crippen molar-refractivity contribution >= 4 is 5.82 Å². The molecule has 6 nitrogen and oxygen atoms in total. The molecule has 146 valence electrons. The maximum Gasteiger partial charge on any atom is 0.250 e. The molecule has 4 aromatic rings. The lowest BCUT2D eigenvalue weighted by atomic mass is 10.1. The highest BCUT2D eigenvalue weighted by atomic mass is 19.1. The monoisotopic (exact) mass is 394 g/mol. The topological polar surface area (TPSA) is 87.1 Å². The van der Waals surface area contributed by atoms with Crippen LogP contribution < -0.4 is 10.5 Å². The third-order valence-electron chi connectivity index (χ3n) is 4.23. The average molecular weight is 394 g/mol.